The van der Waals surface area contributed by atoms with E-state index in [0.29, 0.717) is 29.5 Å². The van der Waals surface area contributed by atoms with Crippen molar-refractivity contribution in [3.8, 4) is 0 Å². The van der Waals surface area contributed by atoms with Crippen molar-refractivity contribution in [1.29, 1.82) is 0 Å². The quantitative estimate of drug-likeness (QED) is 0.334. The van der Waals surface area contributed by atoms with E-state index in [1.54, 1.807) is 12.1 Å². The molecule has 0 spiro atoms. The second kappa shape index (κ2) is 7.28. The van der Waals surface area contributed by atoms with Crippen LogP contribution in [0.3, 0.4) is 0 Å². The Hall–Kier alpha value is -1.03. The highest BCUT2D eigenvalue weighted by atomic mass is 35.5. The van der Waals surface area contributed by atoms with Gasteiger partial charge in [0.1, 0.15) is 0 Å². The molecule has 1 aromatic carbocycles. The fourth-order valence-electron chi connectivity index (χ4n) is 1.18. The number of hydrogen-bond acceptors (Lipinski definition) is 2. The molecule has 1 rings (SSSR count). The summed E-state index contributed by atoms with van der Waals surface area (Å²) < 4.78 is 11.6. The zero-order valence-corrected chi connectivity index (χ0v) is 10.2. The molecule has 16 heavy (non-hydrogen) atoms. The van der Waals surface area contributed by atoms with Crippen LogP contribution in [0.25, 0.3) is 10.4 Å². The van der Waals surface area contributed by atoms with Gasteiger partial charge in [0.25, 0.3) is 0 Å². The van der Waals surface area contributed by atoms with Crippen LogP contribution < -0.4 is 0 Å². The lowest BCUT2D eigenvalue weighted by atomic mass is 10.2. The van der Waals surface area contributed by atoms with Gasteiger partial charge < -0.3 is 0 Å². The fourth-order valence-corrected chi connectivity index (χ4v) is 2.47. The first-order valence-corrected chi connectivity index (χ1v) is 6.69. The Bertz CT molecular complexity index is 401. The van der Waals surface area contributed by atoms with Crippen LogP contribution in [0.2, 0.25) is 5.02 Å². The SMILES string of the molecule is [N-]=[N+]=NCCCS(=O)Cc1ccc(Cl)cc1. The summed E-state index contributed by atoms with van der Waals surface area (Å²) in [4.78, 5) is 2.64. The maximum absolute atomic E-state index is 11.6. The largest absolute Gasteiger partial charge is 0.259 e. The molecular formula is C10H12ClN3OS. The van der Waals surface area contributed by atoms with Crippen LogP contribution in [0.1, 0.15) is 12.0 Å². The van der Waals surface area contributed by atoms with Crippen molar-refractivity contribution in [2.75, 3.05) is 12.3 Å². The molecule has 6 heteroatoms. The number of hydrogen-bond donors (Lipinski definition) is 0. The van der Waals surface area contributed by atoms with Crippen molar-refractivity contribution in [1.82, 2.24) is 0 Å². The van der Waals surface area contributed by atoms with E-state index in [1.807, 2.05) is 12.1 Å². The molecule has 1 aromatic rings. The molecule has 0 aliphatic heterocycles. The highest BCUT2D eigenvalue weighted by Crippen LogP contribution is 2.11. The Morgan fingerprint density at radius 3 is 2.69 bits per heavy atom. The van der Waals surface area contributed by atoms with E-state index >= 15 is 0 Å². The summed E-state index contributed by atoms with van der Waals surface area (Å²) >= 11 is 5.74. The molecule has 0 aliphatic rings. The summed E-state index contributed by atoms with van der Waals surface area (Å²) in [6, 6.07) is 7.31. The topological polar surface area (TPSA) is 65.8 Å². The third-order valence-electron chi connectivity index (χ3n) is 1.93. The molecule has 0 fully saturated rings. The molecule has 0 bridgehead atoms. The van der Waals surface area contributed by atoms with Gasteiger partial charge in [0, 0.05) is 38.8 Å². The lowest BCUT2D eigenvalue weighted by Crippen LogP contribution is -2.02. The number of nitrogens with zero attached hydrogens (tertiary/aromatic N) is 3. The van der Waals surface area contributed by atoms with Gasteiger partial charge in [-0.15, -0.1) is 0 Å². The summed E-state index contributed by atoms with van der Waals surface area (Å²) in [6.45, 7) is 0.406. The van der Waals surface area contributed by atoms with Crippen molar-refractivity contribution < 1.29 is 4.21 Å². The molecule has 86 valence electrons. The number of benzene rings is 1. The summed E-state index contributed by atoms with van der Waals surface area (Å²) in [6.07, 6.45) is 0.657. The van der Waals surface area contributed by atoms with Crippen molar-refractivity contribution in [3.63, 3.8) is 0 Å². The van der Waals surface area contributed by atoms with Crippen LogP contribution in [0.5, 0.6) is 0 Å². The summed E-state index contributed by atoms with van der Waals surface area (Å²) in [5.74, 6) is 1.08. The second-order valence-corrected chi connectivity index (χ2v) is 5.24. The molecule has 0 amide bonds. The highest BCUT2D eigenvalue weighted by Gasteiger charge is 2.01. The van der Waals surface area contributed by atoms with E-state index in [1.165, 1.54) is 0 Å². The molecule has 4 nitrogen and oxygen atoms in total. The predicted octanol–water partition coefficient (Wildman–Crippen LogP) is 3.29. The molecular weight excluding hydrogens is 246 g/mol. The van der Waals surface area contributed by atoms with Crippen LogP contribution in [0, 0.1) is 0 Å². The van der Waals surface area contributed by atoms with E-state index in [0.717, 1.165) is 5.56 Å². The van der Waals surface area contributed by atoms with Crippen LogP contribution in [-0.2, 0) is 16.6 Å². The molecule has 0 heterocycles. The van der Waals surface area contributed by atoms with Crippen molar-refractivity contribution >= 4 is 22.4 Å². The van der Waals surface area contributed by atoms with Crippen LogP contribution >= 0.6 is 11.6 Å². The molecule has 0 saturated carbocycles. The van der Waals surface area contributed by atoms with Gasteiger partial charge in [-0.2, -0.15) is 0 Å². The molecule has 1 unspecified atom stereocenters. The Labute approximate surface area is 102 Å². The van der Waals surface area contributed by atoms with E-state index in [2.05, 4.69) is 10.0 Å². The second-order valence-electron chi connectivity index (χ2n) is 3.22. The monoisotopic (exact) mass is 257 g/mol. The van der Waals surface area contributed by atoms with Crippen LogP contribution in [0.4, 0.5) is 0 Å². The summed E-state index contributed by atoms with van der Waals surface area (Å²) in [5.41, 5.74) is 9.07. The number of azide groups is 1. The first kappa shape index (κ1) is 13.0. The standard InChI is InChI=1S/C10H12ClN3OS/c11-10-4-2-9(3-5-10)8-16(15)7-1-6-13-14-12/h2-5H,1,6-8H2. The van der Waals surface area contributed by atoms with E-state index in [-0.39, 0.29) is 0 Å². The van der Waals surface area contributed by atoms with Crippen molar-refractivity contribution in [2.24, 2.45) is 5.11 Å². The normalized spacial score (nSPS) is 11.8. The van der Waals surface area contributed by atoms with Crippen LogP contribution in [0.15, 0.2) is 29.4 Å². The predicted molar refractivity (Wildman–Crippen MR) is 66.8 cm³/mol. The van der Waals surface area contributed by atoms with Gasteiger partial charge in [-0.1, -0.05) is 28.8 Å². The van der Waals surface area contributed by atoms with Gasteiger partial charge in [-0.3, -0.25) is 4.21 Å². The van der Waals surface area contributed by atoms with Gasteiger partial charge in [0.15, 0.2) is 0 Å². The van der Waals surface area contributed by atoms with Crippen molar-refractivity contribution in [2.45, 2.75) is 12.2 Å². The molecule has 0 saturated heterocycles. The fraction of sp³-hybridized carbons (Fsp3) is 0.400. The molecule has 0 N–H and O–H groups in total. The Morgan fingerprint density at radius 2 is 2.06 bits per heavy atom. The zero-order valence-electron chi connectivity index (χ0n) is 8.67. The van der Waals surface area contributed by atoms with Crippen LogP contribution in [-0.4, -0.2) is 16.5 Å². The average molecular weight is 258 g/mol. The molecule has 1 atom stereocenters. The lowest BCUT2D eigenvalue weighted by molar-refractivity contribution is 0.680. The van der Waals surface area contributed by atoms with Gasteiger partial charge >= 0.3 is 0 Å². The average Bonchev–Trinajstić information content (AvgIpc) is 2.28. The summed E-state index contributed by atoms with van der Waals surface area (Å²) in [5, 5.41) is 4.07. The van der Waals surface area contributed by atoms with E-state index in [4.69, 9.17) is 17.1 Å². The third kappa shape index (κ3) is 5.16. The van der Waals surface area contributed by atoms with Gasteiger partial charge in [-0.25, -0.2) is 0 Å². The minimum Gasteiger partial charge on any atom is -0.259 e. The van der Waals surface area contributed by atoms with E-state index < -0.39 is 10.8 Å². The minimum atomic E-state index is -0.907. The first-order chi connectivity index (χ1) is 7.72. The van der Waals surface area contributed by atoms with Crippen molar-refractivity contribution in [3.05, 3.63) is 45.3 Å². The third-order valence-corrected chi connectivity index (χ3v) is 3.59. The Kier molecular flexibility index (Phi) is 5.93. The number of halogens is 1. The maximum Gasteiger partial charge on any atom is 0.0485 e. The highest BCUT2D eigenvalue weighted by molar-refractivity contribution is 7.84. The smallest absolute Gasteiger partial charge is 0.0485 e. The Balaban J connectivity index is 2.34. The zero-order chi connectivity index (χ0) is 11.8. The molecule has 0 radical (unpaired) electrons. The lowest BCUT2D eigenvalue weighted by Gasteiger charge is -2.01. The Morgan fingerprint density at radius 1 is 1.38 bits per heavy atom. The first-order valence-electron chi connectivity index (χ1n) is 4.82. The number of rotatable bonds is 6. The van der Waals surface area contributed by atoms with Gasteiger partial charge in [-0.05, 0) is 29.6 Å². The molecule has 0 aliphatic carbocycles. The molecule has 0 aromatic heterocycles. The maximum atomic E-state index is 11.6. The van der Waals surface area contributed by atoms with E-state index in [9.17, 15) is 4.21 Å². The van der Waals surface area contributed by atoms with Gasteiger partial charge in [0.2, 0.25) is 0 Å². The minimum absolute atomic E-state index is 0.406. The van der Waals surface area contributed by atoms with Gasteiger partial charge in [0.05, 0.1) is 0 Å². The summed E-state index contributed by atoms with van der Waals surface area (Å²) in [7, 11) is -0.907.